The summed E-state index contributed by atoms with van der Waals surface area (Å²) in [7, 11) is 5.39. The van der Waals surface area contributed by atoms with E-state index in [1.54, 1.807) is 14.2 Å². The Hall–Kier alpha value is -1.06. The third-order valence-electron chi connectivity index (χ3n) is 1.98. The molecule has 0 aliphatic heterocycles. The molecule has 0 atom stereocenters. The molecule has 0 saturated heterocycles. The van der Waals surface area contributed by atoms with Crippen molar-refractivity contribution in [3.63, 3.8) is 0 Å². The molecule has 0 N–H and O–H groups in total. The molecule has 0 unspecified atom stereocenters. The van der Waals surface area contributed by atoms with Crippen LogP contribution in [0, 0.1) is 0 Å². The maximum atomic E-state index is 5.26. The van der Waals surface area contributed by atoms with Crippen molar-refractivity contribution in [3.05, 3.63) is 29.8 Å². The fourth-order valence-corrected chi connectivity index (χ4v) is 1.39. The van der Waals surface area contributed by atoms with Crippen LogP contribution in [0.15, 0.2) is 24.3 Å². The Morgan fingerprint density at radius 2 is 1.93 bits per heavy atom. The fourth-order valence-electron chi connectivity index (χ4n) is 1.39. The number of methoxy groups -OCH3 is 2. The number of rotatable bonds is 5. The van der Waals surface area contributed by atoms with E-state index in [4.69, 9.17) is 9.47 Å². The average molecular weight is 195 g/mol. The Balaban J connectivity index is 2.65. The summed E-state index contributed by atoms with van der Waals surface area (Å²) in [6, 6.07) is 8.01. The Kier molecular flexibility index (Phi) is 4.43. The van der Waals surface area contributed by atoms with Gasteiger partial charge >= 0.3 is 0 Å². The normalized spacial score (nSPS) is 10.6. The van der Waals surface area contributed by atoms with Crippen LogP contribution in [0.4, 0.5) is 0 Å². The van der Waals surface area contributed by atoms with Gasteiger partial charge in [-0.15, -0.1) is 0 Å². The molecule has 78 valence electrons. The highest BCUT2D eigenvalue weighted by Gasteiger charge is 2.04. The van der Waals surface area contributed by atoms with E-state index in [0.29, 0.717) is 6.73 Å². The lowest BCUT2D eigenvalue weighted by Crippen LogP contribution is -2.20. The van der Waals surface area contributed by atoms with Gasteiger partial charge in [0.2, 0.25) is 0 Å². The fraction of sp³-hybridized carbons (Fsp3) is 0.455. The van der Waals surface area contributed by atoms with Gasteiger partial charge in [0.05, 0.1) is 13.8 Å². The van der Waals surface area contributed by atoms with Crippen LogP contribution in [-0.2, 0) is 11.3 Å². The first-order valence-electron chi connectivity index (χ1n) is 4.57. The third-order valence-corrected chi connectivity index (χ3v) is 1.98. The highest BCUT2D eigenvalue weighted by atomic mass is 16.5. The summed E-state index contributed by atoms with van der Waals surface area (Å²) < 4.78 is 10.3. The highest BCUT2D eigenvalue weighted by molar-refractivity contribution is 5.32. The topological polar surface area (TPSA) is 21.7 Å². The van der Waals surface area contributed by atoms with Crippen molar-refractivity contribution >= 4 is 0 Å². The summed E-state index contributed by atoms with van der Waals surface area (Å²) >= 11 is 0. The van der Waals surface area contributed by atoms with E-state index in [1.807, 2.05) is 25.2 Å². The molecule has 1 aromatic rings. The van der Waals surface area contributed by atoms with Gasteiger partial charge in [-0.3, -0.25) is 4.90 Å². The van der Waals surface area contributed by atoms with Gasteiger partial charge in [-0.25, -0.2) is 0 Å². The lowest BCUT2D eigenvalue weighted by Gasteiger charge is -2.16. The van der Waals surface area contributed by atoms with Crippen molar-refractivity contribution in [2.75, 3.05) is 28.0 Å². The molecule has 1 rings (SSSR count). The number of benzene rings is 1. The second-order valence-corrected chi connectivity index (χ2v) is 3.24. The van der Waals surface area contributed by atoms with E-state index in [9.17, 15) is 0 Å². The number of hydrogen-bond acceptors (Lipinski definition) is 3. The minimum Gasteiger partial charge on any atom is -0.496 e. The number of hydrogen-bond donors (Lipinski definition) is 0. The molecule has 0 bridgehead atoms. The maximum Gasteiger partial charge on any atom is 0.123 e. The van der Waals surface area contributed by atoms with Crippen molar-refractivity contribution in [2.24, 2.45) is 0 Å². The SMILES string of the molecule is COCN(C)Cc1ccccc1OC. The number of para-hydroxylation sites is 1. The summed E-state index contributed by atoms with van der Waals surface area (Å²) in [6.07, 6.45) is 0. The molecule has 0 fully saturated rings. The summed E-state index contributed by atoms with van der Waals surface area (Å²) in [5.41, 5.74) is 1.18. The first kappa shape index (κ1) is 11.0. The van der Waals surface area contributed by atoms with Gasteiger partial charge in [-0.1, -0.05) is 18.2 Å². The first-order chi connectivity index (χ1) is 6.77. The molecule has 3 nitrogen and oxygen atoms in total. The van der Waals surface area contributed by atoms with Crippen LogP contribution in [0.2, 0.25) is 0 Å². The Morgan fingerprint density at radius 1 is 1.21 bits per heavy atom. The van der Waals surface area contributed by atoms with Crippen LogP contribution >= 0.6 is 0 Å². The number of ether oxygens (including phenoxy) is 2. The molecule has 0 radical (unpaired) electrons. The zero-order valence-corrected chi connectivity index (χ0v) is 8.99. The minimum absolute atomic E-state index is 0.623. The van der Waals surface area contributed by atoms with Gasteiger partial charge < -0.3 is 9.47 Å². The van der Waals surface area contributed by atoms with E-state index in [0.717, 1.165) is 12.3 Å². The molecular formula is C11H17NO2. The Morgan fingerprint density at radius 3 is 2.57 bits per heavy atom. The van der Waals surface area contributed by atoms with Crippen LogP contribution in [0.25, 0.3) is 0 Å². The molecule has 14 heavy (non-hydrogen) atoms. The molecule has 0 aliphatic carbocycles. The molecule has 0 amide bonds. The molecule has 1 aromatic carbocycles. The quantitative estimate of drug-likeness (QED) is 0.668. The maximum absolute atomic E-state index is 5.26. The van der Waals surface area contributed by atoms with Crippen LogP contribution in [0.5, 0.6) is 5.75 Å². The van der Waals surface area contributed by atoms with Crippen molar-refractivity contribution in [2.45, 2.75) is 6.54 Å². The second kappa shape index (κ2) is 5.62. The molecule has 0 heterocycles. The zero-order chi connectivity index (χ0) is 10.4. The van der Waals surface area contributed by atoms with Gasteiger partial charge in [-0.05, 0) is 13.1 Å². The van der Waals surface area contributed by atoms with Crippen molar-refractivity contribution < 1.29 is 9.47 Å². The molecule has 3 heteroatoms. The first-order valence-corrected chi connectivity index (χ1v) is 4.57. The van der Waals surface area contributed by atoms with Crippen LogP contribution < -0.4 is 4.74 Å². The molecule has 0 aliphatic rings. The van der Waals surface area contributed by atoms with Gasteiger partial charge in [-0.2, -0.15) is 0 Å². The van der Waals surface area contributed by atoms with Crippen LogP contribution in [0.3, 0.4) is 0 Å². The highest BCUT2D eigenvalue weighted by Crippen LogP contribution is 2.18. The zero-order valence-electron chi connectivity index (χ0n) is 8.99. The monoisotopic (exact) mass is 195 g/mol. The van der Waals surface area contributed by atoms with E-state index >= 15 is 0 Å². The Bertz CT molecular complexity index is 276. The molecule has 0 aromatic heterocycles. The number of nitrogens with zero attached hydrogens (tertiary/aromatic N) is 1. The Labute approximate surface area is 85.2 Å². The summed E-state index contributed by atoms with van der Waals surface area (Å²) in [5, 5.41) is 0. The summed E-state index contributed by atoms with van der Waals surface area (Å²) in [6.45, 7) is 1.45. The molecule has 0 spiro atoms. The van der Waals surface area contributed by atoms with E-state index in [-0.39, 0.29) is 0 Å². The lowest BCUT2D eigenvalue weighted by atomic mass is 10.2. The largest absolute Gasteiger partial charge is 0.496 e. The van der Waals surface area contributed by atoms with Crippen molar-refractivity contribution in [3.8, 4) is 5.75 Å². The van der Waals surface area contributed by atoms with Gasteiger partial charge in [0.1, 0.15) is 5.75 Å². The van der Waals surface area contributed by atoms with Crippen molar-refractivity contribution in [1.29, 1.82) is 0 Å². The van der Waals surface area contributed by atoms with Gasteiger partial charge in [0, 0.05) is 19.2 Å². The van der Waals surface area contributed by atoms with Crippen LogP contribution in [0.1, 0.15) is 5.56 Å². The smallest absolute Gasteiger partial charge is 0.123 e. The minimum atomic E-state index is 0.623. The van der Waals surface area contributed by atoms with Crippen molar-refractivity contribution in [1.82, 2.24) is 4.90 Å². The van der Waals surface area contributed by atoms with E-state index < -0.39 is 0 Å². The lowest BCUT2D eigenvalue weighted by molar-refractivity contribution is 0.0766. The van der Waals surface area contributed by atoms with E-state index in [1.165, 1.54) is 5.56 Å². The summed E-state index contributed by atoms with van der Waals surface area (Å²) in [5.74, 6) is 0.926. The molecular weight excluding hydrogens is 178 g/mol. The van der Waals surface area contributed by atoms with Gasteiger partial charge in [0.15, 0.2) is 0 Å². The van der Waals surface area contributed by atoms with E-state index in [2.05, 4.69) is 11.0 Å². The second-order valence-electron chi connectivity index (χ2n) is 3.24. The predicted octanol–water partition coefficient (Wildman–Crippen LogP) is 1.73. The summed E-state index contributed by atoms with van der Waals surface area (Å²) in [4.78, 5) is 2.08. The van der Waals surface area contributed by atoms with Crippen LogP contribution in [-0.4, -0.2) is 32.9 Å². The predicted molar refractivity (Wildman–Crippen MR) is 56.3 cm³/mol. The standard InChI is InChI=1S/C11H17NO2/c1-12(9-13-2)8-10-6-4-5-7-11(10)14-3/h4-7H,8-9H2,1-3H3. The third kappa shape index (κ3) is 3.01. The average Bonchev–Trinajstić information content (AvgIpc) is 2.19. The molecule has 0 saturated carbocycles. The van der Waals surface area contributed by atoms with Gasteiger partial charge in [0.25, 0.3) is 0 Å².